The van der Waals surface area contributed by atoms with Gasteiger partial charge in [-0.25, -0.2) is 0 Å². The zero-order valence-corrected chi connectivity index (χ0v) is 16.4. The molecule has 4 rings (SSSR count). The molecule has 0 aliphatic carbocycles. The van der Waals surface area contributed by atoms with Crippen LogP contribution in [0, 0.1) is 5.41 Å². The maximum Gasteiger partial charge on any atom is 0.289 e. The highest BCUT2D eigenvalue weighted by molar-refractivity contribution is 7.07. The van der Waals surface area contributed by atoms with E-state index in [0.717, 1.165) is 44.8 Å². The molecule has 2 aromatic rings. The molecule has 1 fully saturated rings. The Balaban J connectivity index is 1.43. The number of rotatable bonds is 4. The average molecular weight is 374 g/mol. The molecule has 7 heteroatoms. The molecule has 2 aliphatic rings. The highest BCUT2D eigenvalue weighted by Crippen LogP contribution is 2.41. The molecule has 26 heavy (non-hydrogen) atoms. The number of piperidine rings is 1. The van der Waals surface area contributed by atoms with Crippen molar-refractivity contribution in [3.05, 3.63) is 34.0 Å². The van der Waals surface area contributed by atoms with E-state index in [4.69, 9.17) is 0 Å². The second kappa shape index (κ2) is 7.12. The van der Waals surface area contributed by atoms with E-state index in [2.05, 4.69) is 41.8 Å². The van der Waals surface area contributed by atoms with Crippen molar-refractivity contribution < 1.29 is 4.79 Å². The van der Waals surface area contributed by atoms with Crippen LogP contribution in [0.3, 0.4) is 0 Å². The molecule has 2 aliphatic heterocycles. The van der Waals surface area contributed by atoms with Crippen LogP contribution in [0.15, 0.2) is 16.8 Å². The molecule has 1 spiro atoms. The Morgan fingerprint density at radius 1 is 1.31 bits per heavy atom. The molecular formula is C19H27N5OS. The van der Waals surface area contributed by atoms with E-state index in [-0.39, 0.29) is 17.4 Å². The number of nitrogens with one attached hydrogen (secondary N) is 1. The Bertz CT molecular complexity index is 759. The van der Waals surface area contributed by atoms with E-state index in [1.165, 1.54) is 18.4 Å². The van der Waals surface area contributed by atoms with E-state index in [0.29, 0.717) is 5.82 Å². The van der Waals surface area contributed by atoms with Crippen molar-refractivity contribution in [2.45, 2.75) is 58.7 Å². The number of carbonyl (C=O) groups excluding carboxylic acids is 1. The predicted octanol–water partition coefficient (Wildman–Crippen LogP) is 2.71. The summed E-state index contributed by atoms with van der Waals surface area (Å²) in [7, 11) is 0. The van der Waals surface area contributed by atoms with Crippen LogP contribution < -0.4 is 5.32 Å². The van der Waals surface area contributed by atoms with Gasteiger partial charge in [0.15, 0.2) is 0 Å². The molecule has 0 saturated carbocycles. The minimum atomic E-state index is -0.106. The number of fused-ring (bicyclic) bond motifs is 1. The van der Waals surface area contributed by atoms with Crippen molar-refractivity contribution in [1.82, 2.24) is 25.0 Å². The molecule has 0 aromatic carbocycles. The molecule has 4 heterocycles. The van der Waals surface area contributed by atoms with Gasteiger partial charge < -0.3 is 9.88 Å². The third-order valence-corrected chi connectivity index (χ3v) is 6.46. The van der Waals surface area contributed by atoms with Crippen molar-refractivity contribution in [3.63, 3.8) is 0 Å². The Morgan fingerprint density at radius 2 is 2.12 bits per heavy atom. The molecule has 0 bridgehead atoms. The number of aromatic nitrogens is 3. The van der Waals surface area contributed by atoms with Crippen molar-refractivity contribution in [2.24, 2.45) is 5.41 Å². The number of hydrogen-bond donors (Lipinski definition) is 1. The van der Waals surface area contributed by atoms with Crippen LogP contribution in [0.5, 0.6) is 0 Å². The second-order valence-corrected chi connectivity index (χ2v) is 8.84. The fourth-order valence-corrected chi connectivity index (χ4v) is 4.87. The fourth-order valence-electron chi connectivity index (χ4n) is 4.21. The smallest absolute Gasteiger partial charge is 0.289 e. The summed E-state index contributed by atoms with van der Waals surface area (Å²) in [5.41, 5.74) is 1.70. The van der Waals surface area contributed by atoms with Gasteiger partial charge in [-0.05, 0) is 74.0 Å². The molecule has 0 unspecified atom stereocenters. The number of thiophene rings is 1. The molecule has 1 saturated heterocycles. The topological polar surface area (TPSA) is 63.1 Å². The van der Waals surface area contributed by atoms with Crippen LogP contribution in [0.25, 0.3) is 0 Å². The minimum Gasteiger partial charge on any atom is -0.347 e. The Kier molecular flexibility index (Phi) is 4.84. The lowest BCUT2D eigenvalue weighted by Crippen LogP contribution is -2.45. The average Bonchev–Trinajstić information content (AvgIpc) is 3.26. The van der Waals surface area contributed by atoms with Gasteiger partial charge in [0.05, 0.1) is 0 Å². The van der Waals surface area contributed by atoms with E-state index >= 15 is 0 Å². The quantitative estimate of drug-likeness (QED) is 0.895. The lowest BCUT2D eigenvalue weighted by Gasteiger charge is -2.44. The van der Waals surface area contributed by atoms with Gasteiger partial charge in [0, 0.05) is 25.6 Å². The normalized spacial score (nSPS) is 19.7. The van der Waals surface area contributed by atoms with Crippen molar-refractivity contribution >= 4 is 17.2 Å². The maximum absolute atomic E-state index is 12.4. The Morgan fingerprint density at radius 3 is 2.81 bits per heavy atom. The van der Waals surface area contributed by atoms with Crippen LogP contribution >= 0.6 is 11.3 Å². The number of nitrogens with zero attached hydrogens (tertiary/aromatic N) is 4. The van der Waals surface area contributed by atoms with E-state index in [9.17, 15) is 4.79 Å². The first kappa shape index (κ1) is 17.7. The van der Waals surface area contributed by atoms with Gasteiger partial charge in [0.25, 0.3) is 5.91 Å². The van der Waals surface area contributed by atoms with Gasteiger partial charge in [-0.15, -0.1) is 10.2 Å². The molecule has 6 nitrogen and oxygen atoms in total. The lowest BCUT2D eigenvalue weighted by molar-refractivity contribution is 0.0618. The summed E-state index contributed by atoms with van der Waals surface area (Å²) in [5.74, 6) is 1.34. The number of carbonyl (C=O) groups is 1. The van der Waals surface area contributed by atoms with Crippen molar-refractivity contribution in [1.29, 1.82) is 0 Å². The number of likely N-dealkylation sites (tertiary alicyclic amines) is 1. The van der Waals surface area contributed by atoms with E-state index in [1.807, 2.05) is 13.8 Å². The van der Waals surface area contributed by atoms with Gasteiger partial charge in [0.2, 0.25) is 5.82 Å². The number of aryl methyl sites for hydroxylation is 1. The van der Waals surface area contributed by atoms with Gasteiger partial charge in [-0.3, -0.25) is 9.69 Å². The third kappa shape index (κ3) is 3.55. The summed E-state index contributed by atoms with van der Waals surface area (Å²) in [6.45, 7) is 8.12. The molecule has 1 N–H and O–H groups in total. The standard InChI is InChI=1S/C19H27N5OS/c1-14(2)20-18(25)17-22-21-16-3-5-19(13-24(16)17)6-8-23(9-7-19)11-15-4-10-26-12-15/h4,10,12,14H,3,5-9,11,13H2,1-2H3,(H,20,25). The summed E-state index contributed by atoms with van der Waals surface area (Å²) in [6.07, 6.45) is 4.44. The Labute approximate surface area is 158 Å². The molecule has 2 aromatic heterocycles. The first-order valence-electron chi connectivity index (χ1n) is 9.51. The summed E-state index contributed by atoms with van der Waals surface area (Å²) < 4.78 is 2.08. The van der Waals surface area contributed by atoms with Gasteiger partial charge in [-0.1, -0.05) is 0 Å². The monoisotopic (exact) mass is 373 g/mol. The minimum absolute atomic E-state index is 0.105. The number of amides is 1. The van der Waals surface area contributed by atoms with Crippen LogP contribution in [-0.2, 0) is 19.5 Å². The highest BCUT2D eigenvalue weighted by atomic mass is 32.1. The highest BCUT2D eigenvalue weighted by Gasteiger charge is 2.39. The molecular weight excluding hydrogens is 346 g/mol. The SMILES string of the molecule is CC(C)NC(=O)c1nnc2n1CC1(CC2)CCN(Cc2ccsc2)CC1. The zero-order valence-electron chi connectivity index (χ0n) is 15.6. The molecule has 0 atom stereocenters. The van der Waals surface area contributed by atoms with Crippen molar-refractivity contribution in [2.75, 3.05) is 13.1 Å². The van der Waals surface area contributed by atoms with E-state index < -0.39 is 0 Å². The predicted molar refractivity (Wildman–Crippen MR) is 102 cm³/mol. The summed E-state index contributed by atoms with van der Waals surface area (Å²) >= 11 is 1.77. The largest absolute Gasteiger partial charge is 0.347 e. The Hall–Kier alpha value is -1.73. The molecule has 0 radical (unpaired) electrons. The van der Waals surface area contributed by atoms with Gasteiger partial charge in [-0.2, -0.15) is 11.3 Å². The lowest BCUT2D eigenvalue weighted by atomic mass is 9.73. The fraction of sp³-hybridized carbons (Fsp3) is 0.632. The van der Waals surface area contributed by atoms with Crippen molar-refractivity contribution in [3.8, 4) is 0 Å². The summed E-state index contributed by atoms with van der Waals surface area (Å²) in [5, 5.41) is 15.8. The van der Waals surface area contributed by atoms with Gasteiger partial charge in [0.1, 0.15) is 5.82 Å². The second-order valence-electron chi connectivity index (χ2n) is 8.06. The first-order valence-corrected chi connectivity index (χ1v) is 10.5. The van der Waals surface area contributed by atoms with Crippen LogP contribution in [-0.4, -0.2) is 44.7 Å². The van der Waals surface area contributed by atoms with Gasteiger partial charge >= 0.3 is 0 Å². The summed E-state index contributed by atoms with van der Waals surface area (Å²) in [6, 6.07) is 2.33. The number of hydrogen-bond acceptors (Lipinski definition) is 5. The van der Waals surface area contributed by atoms with Crippen LogP contribution in [0.4, 0.5) is 0 Å². The summed E-state index contributed by atoms with van der Waals surface area (Å²) in [4.78, 5) is 15.0. The zero-order chi connectivity index (χ0) is 18.1. The third-order valence-electron chi connectivity index (χ3n) is 5.73. The maximum atomic E-state index is 12.4. The molecule has 1 amide bonds. The van der Waals surface area contributed by atoms with E-state index in [1.54, 1.807) is 11.3 Å². The van der Waals surface area contributed by atoms with Crippen LogP contribution in [0.2, 0.25) is 0 Å². The molecule has 140 valence electrons. The first-order chi connectivity index (χ1) is 12.5. The van der Waals surface area contributed by atoms with Crippen LogP contribution in [0.1, 0.15) is 55.1 Å².